The maximum Gasteiger partial charge on any atom is 0.140 e. The zero-order valence-corrected chi connectivity index (χ0v) is 17.6. The van der Waals surface area contributed by atoms with E-state index in [0.29, 0.717) is 6.54 Å². The molecule has 0 amide bonds. The van der Waals surface area contributed by atoms with Gasteiger partial charge in [0.05, 0.1) is 25.2 Å². The van der Waals surface area contributed by atoms with Gasteiger partial charge in [0.1, 0.15) is 11.6 Å². The van der Waals surface area contributed by atoms with Crippen molar-refractivity contribution in [2.24, 2.45) is 4.99 Å². The molecule has 2 aromatic carbocycles. The van der Waals surface area contributed by atoms with E-state index in [1.54, 1.807) is 6.34 Å². The predicted molar refractivity (Wildman–Crippen MR) is 126 cm³/mol. The lowest BCUT2D eigenvalue weighted by Crippen LogP contribution is -2.36. The molecule has 31 heavy (non-hydrogen) atoms. The third kappa shape index (κ3) is 4.46. The third-order valence-corrected chi connectivity index (χ3v) is 5.50. The quantitative estimate of drug-likeness (QED) is 0.572. The monoisotopic (exact) mass is 414 g/mol. The molecule has 3 heterocycles. The van der Waals surface area contributed by atoms with Crippen molar-refractivity contribution in [2.45, 2.75) is 13.5 Å². The summed E-state index contributed by atoms with van der Waals surface area (Å²) in [7, 11) is 0. The highest BCUT2D eigenvalue weighted by Gasteiger charge is 2.16. The Bertz CT molecular complexity index is 1070. The summed E-state index contributed by atoms with van der Waals surface area (Å²) >= 11 is 0. The van der Waals surface area contributed by atoms with Crippen molar-refractivity contribution in [2.75, 3.05) is 41.8 Å². The van der Waals surface area contributed by atoms with E-state index in [1.165, 1.54) is 11.3 Å². The maximum absolute atomic E-state index is 5.45. The molecule has 0 radical (unpaired) electrons. The summed E-state index contributed by atoms with van der Waals surface area (Å²) in [6.45, 7) is 6.19. The number of nitrogens with one attached hydrogen (secondary N) is 3. The Kier molecular flexibility index (Phi) is 5.41. The molecule has 5 rings (SSSR count). The van der Waals surface area contributed by atoms with Crippen LogP contribution in [0.3, 0.4) is 0 Å². The lowest BCUT2D eigenvalue weighted by atomic mass is 10.1. The molecule has 1 aromatic heterocycles. The molecule has 0 bridgehead atoms. The van der Waals surface area contributed by atoms with E-state index in [0.717, 1.165) is 60.6 Å². The average molecular weight is 415 g/mol. The Morgan fingerprint density at radius 3 is 2.42 bits per heavy atom. The van der Waals surface area contributed by atoms with Gasteiger partial charge in [-0.05, 0) is 43.3 Å². The van der Waals surface area contributed by atoms with Crippen molar-refractivity contribution < 1.29 is 4.74 Å². The molecule has 0 spiro atoms. The molecule has 0 aliphatic carbocycles. The van der Waals surface area contributed by atoms with Gasteiger partial charge in [0.25, 0.3) is 0 Å². The fourth-order valence-electron chi connectivity index (χ4n) is 3.78. The van der Waals surface area contributed by atoms with Gasteiger partial charge in [-0.15, -0.1) is 0 Å². The van der Waals surface area contributed by atoms with Crippen molar-refractivity contribution in [1.29, 1.82) is 0 Å². The first-order chi connectivity index (χ1) is 15.2. The minimum absolute atomic E-state index is 0.685. The molecule has 3 N–H and O–H groups in total. The highest BCUT2D eigenvalue weighted by Crippen LogP contribution is 2.33. The number of aryl methyl sites for hydroxylation is 1. The van der Waals surface area contributed by atoms with E-state index in [9.17, 15) is 0 Å². The van der Waals surface area contributed by atoms with Gasteiger partial charge in [-0.2, -0.15) is 0 Å². The number of benzene rings is 2. The van der Waals surface area contributed by atoms with Crippen LogP contribution in [-0.4, -0.2) is 37.6 Å². The fraction of sp³-hybridized carbons (Fsp3) is 0.250. The van der Waals surface area contributed by atoms with E-state index in [2.05, 4.69) is 81.3 Å². The van der Waals surface area contributed by atoms with Gasteiger partial charge in [0.15, 0.2) is 0 Å². The van der Waals surface area contributed by atoms with Crippen LogP contribution in [0, 0.1) is 6.92 Å². The second kappa shape index (κ2) is 8.65. The van der Waals surface area contributed by atoms with E-state index in [-0.39, 0.29) is 0 Å². The third-order valence-electron chi connectivity index (χ3n) is 5.50. The molecule has 1 fully saturated rings. The number of hydrogen-bond donors (Lipinski definition) is 3. The Morgan fingerprint density at radius 1 is 0.935 bits per heavy atom. The first-order valence-corrected chi connectivity index (χ1v) is 10.6. The molecular weight excluding hydrogens is 388 g/mol. The summed E-state index contributed by atoms with van der Waals surface area (Å²) in [5.41, 5.74) is 6.39. The normalized spacial score (nSPS) is 15.2. The Balaban J connectivity index is 1.39. The lowest BCUT2D eigenvalue weighted by Gasteiger charge is -2.29. The molecule has 0 saturated carbocycles. The van der Waals surface area contributed by atoms with Gasteiger partial charge in [-0.3, -0.25) is 0 Å². The topological polar surface area (TPSA) is 73.8 Å². The number of aliphatic imine (C=N–C) groups is 1. The highest BCUT2D eigenvalue weighted by atomic mass is 16.5. The maximum atomic E-state index is 5.45. The summed E-state index contributed by atoms with van der Waals surface area (Å²) in [5, 5.41) is 10.1. The smallest absolute Gasteiger partial charge is 0.140 e. The summed E-state index contributed by atoms with van der Waals surface area (Å²) in [6.07, 6.45) is 1.74. The Hall–Kier alpha value is -3.58. The van der Waals surface area contributed by atoms with Crippen molar-refractivity contribution in [3.8, 4) is 0 Å². The number of nitrogens with zero attached hydrogens (tertiary/aromatic N) is 3. The van der Waals surface area contributed by atoms with Crippen molar-refractivity contribution >= 4 is 40.7 Å². The minimum Gasteiger partial charge on any atom is -0.378 e. The fourth-order valence-corrected chi connectivity index (χ4v) is 3.78. The molecule has 2 aliphatic rings. The van der Waals surface area contributed by atoms with E-state index < -0.39 is 0 Å². The van der Waals surface area contributed by atoms with E-state index in [1.807, 2.05) is 6.07 Å². The van der Waals surface area contributed by atoms with Crippen LogP contribution in [-0.2, 0) is 11.3 Å². The summed E-state index contributed by atoms with van der Waals surface area (Å²) < 4.78 is 5.45. The number of morpholine rings is 1. The number of rotatable bonds is 5. The molecule has 3 aromatic rings. The Morgan fingerprint density at radius 2 is 1.65 bits per heavy atom. The standard InChI is InChI=1S/C24H26N6O/c1-17-2-4-18(5-3-17)27-23-14-22-21(15-25-16-26-22)24(29-23)28-19-6-8-20(9-7-19)30-10-12-31-13-11-30/h2-9,14,16H,10-13,15H2,1H3,(H,25,26)(H2,27,28,29). The van der Waals surface area contributed by atoms with Gasteiger partial charge < -0.3 is 25.6 Å². The van der Waals surface area contributed by atoms with Gasteiger partial charge >= 0.3 is 0 Å². The number of ether oxygens (including phenoxy) is 1. The van der Waals surface area contributed by atoms with Gasteiger partial charge in [-0.25, -0.2) is 9.98 Å². The molecule has 158 valence electrons. The summed E-state index contributed by atoms with van der Waals surface area (Å²) in [5.74, 6) is 1.56. The van der Waals surface area contributed by atoms with Crippen LogP contribution in [0.2, 0.25) is 0 Å². The van der Waals surface area contributed by atoms with Crippen molar-refractivity contribution in [1.82, 2.24) is 10.3 Å². The number of fused-ring (bicyclic) bond motifs is 1. The molecule has 0 atom stereocenters. The lowest BCUT2D eigenvalue weighted by molar-refractivity contribution is 0.122. The molecule has 7 heteroatoms. The predicted octanol–water partition coefficient (Wildman–Crippen LogP) is 4.48. The van der Waals surface area contributed by atoms with Crippen LogP contribution in [0.15, 0.2) is 59.6 Å². The molecule has 0 unspecified atom stereocenters. The summed E-state index contributed by atoms with van der Waals surface area (Å²) in [6, 6.07) is 18.7. The van der Waals surface area contributed by atoms with Crippen LogP contribution < -0.4 is 20.9 Å². The second-order valence-corrected chi connectivity index (χ2v) is 7.76. The van der Waals surface area contributed by atoms with Gasteiger partial charge in [-0.1, -0.05) is 17.7 Å². The second-order valence-electron chi connectivity index (χ2n) is 7.76. The van der Waals surface area contributed by atoms with Crippen molar-refractivity contribution in [3.05, 3.63) is 65.7 Å². The zero-order valence-electron chi connectivity index (χ0n) is 17.6. The van der Waals surface area contributed by atoms with Crippen LogP contribution in [0.1, 0.15) is 11.1 Å². The average Bonchev–Trinajstić information content (AvgIpc) is 2.82. The first-order valence-electron chi connectivity index (χ1n) is 10.6. The number of anilines is 5. The Labute approximate surface area is 182 Å². The van der Waals surface area contributed by atoms with E-state index in [4.69, 9.17) is 9.72 Å². The molecule has 7 nitrogen and oxygen atoms in total. The van der Waals surface area contributed by atoms with Crippen molar-refractivity contribution in [3.63, 3.8) is 0 Å². The first kappa shape index (κ1) is 19.4. The highest BCUT2D eigenvalue weighted by molar-refractivity contribution is 5.77. The zero-order chi connectivity index (χ0) is 21.0. The molecular formula is C24H26N6O. The molecule has 1 saturated heterocycles. The minimum atomic E-state index is 0.685. The number of pyridine rings is 1. The SMILES string of the molecule is Cc1ccc(Nc2cc3c(c(Nc4ccc(N5CCOCC5)cc4)n2)CNC=N3)cc1. The largest absolute Gasteiger partial charge is 0.378 e. The summed E-state index contributed by atoms with van der Waals surface area (Å²) in [4.78, 5) is 11.7. The van der Waals surface area contributed by atoms with Crippen LogP contribution in [0.25, 0.3) is 0 Å². The van der Waals surface area contributed by atoms with Gasteiger partial charge in [0, 0.05) is 48.3 Å². The van der Waals surface area contributed by atoms with Crippen LogP contribution in [0.4, 0.5) is 34.4 Å². The van der Waals surface area contributed by atoms with Crippen LogP contribution >= 0.6 is 0 Å². The van der Waals surface area contributed by atoms with E-state index >= 15 is 0 Å². The molecule has 2 aliphatic heterocycles. The number of hydrogen-bond acceptors (Lipinski definition) is 7. The number of aromatic nitrogens is 1. The van der Waals surface area contributed by atoms with Crippen LogP contribution in [0.5, 0.6) is 0 Å². The van der Waals surface area contributed by atoms with Gasteiger partial charge in [0.2, 0.25) is 0 Å².